The molecule has 1 saturated heterocycles. The highest BCUT2D eigenvalue weighted by molar-refractivity contribution is 7.89. The highest BCUT2D eigenvalue weighted by atomic mass is 32.2. The molecule has 0 saturated carbocycles. The van der Waals surface area contributed by atoms with Gasteiger partial charge in [-0.1, -0.05) is 18.6 Å². The van der Waals surface area contributed by atoms with Gasteiger partial charge in [0, 0.05) is 18.6 Å². The van der Waals surface area contributed by atoms with E-state index in [9.17, 15) is 12.8 Å². The predicted molar refractivity (Wildman–Crippen MR) is 81.1 cm³/mol. The summed E-state index contributed by atoms with van der Waals surface area (Å²) in [5.74, 6) is -0.695. The minimum Gasteiger partial charge on any atom is -0.313 e. The number of hydrogen-bond donors (Lipinski definition) is 1. The van der Waals surface area contributed by atoms with Crippen molar-refractivity contribution in [3.05, 3.63) is 30.1 Å². The number of sulfonamides is 1. The molecule has 1 aliphatic rings. The zero-order valence-electron chi connectivity index (χ0n) is 12.5. The Kier molecular flexibility index (Phi) is 5.35. The number of piperidine rings is 1. The molecule has 0 bridgehead atoms. The van der Waals surface area contributed by atoms with E-state index in [2.05, 4.69) is 5.32 Å². The summed E-state index contributed by atoms with van der Waals surface area (Å²) >= 11 is 0. The summed E-state index contributed by atoms with van der Waals surface area (Å²) in [5, 5.41) is 3.34. The van der Waals surface area contributed by atoms with Crippen molar-refractivity contribution in [2.24, 2.45) is 0 Å². The lowest BCUT2D eigenvalue weighted by Gasteiger charge is -2.32. The first kappa shape index (κ1) is 16.4. The molecule has 2 rings (SSSR count). The molecule has 1 aliphatic heterocycles. The van der Waals surface area contributed by atoms with Crippen molar-refractivity contribution in [3.63, 3.8) is 0 Å². The second-order valence-electron chi connectivity index (χ2n) is 5.75. The van der Waals surface area contributed by atoms with Crippen LogP contribution in [-0.2, 0) is 10.0 Å². The number of nitrogens with zero attached hydrogens (tertiary/aromatic N) is 1. The van der Waals surface area contributed by atoms with Crippen molar-refractivity contribution in [1.29, 1.82) is 0 Å². The Morgan fingerprint density at radius 1 is 1.33 bits per heavy atom. The molecule has 21 heavy (non-hydrogen) atoms. The zero-order chi connectivity index (χ0) is 15.5. The Balaban J connectivity index is 2.26. The Morgan fingerprint density at radius 2 is 2.05 bits per heavy atom. The molecule has 6 heteroatoms. The van der Waals surface area contributed by atoms with Crippen LogP contribution in [0.25, 0.3) is 0 Å². The van der Waals surface area contributed by atoms with Crippen molar-refractivity contribution in [2.45, 2.75) is 50.1 Å². The van der Waals surface area contributed by atoms with Crippen LogP contribution in [0.2, 0.25) is 0 Å². The maximum atomic E-state index is 13.9. The SMILES string of the molecule is CC(C)N(CC1CCCCN1)S(=O)(=O)c1ccccc1F. The van der Waals surface area contributed by atoms with Gasteiger partial charge in [0.2, 0.25) is 10.0 Å². The quantitative estimate of drug-likeness (QED) is 0.908. The molecule has 0 aromatic heterocycles. The highest BCUT2D eigenvalue weighted by Gasteiger charge is 2.31. The van der Waals surface area contributed by atoms with Gasteiger partial charge in [-0.25, -0.2) is 12.8 Å². The summed E-state index contributed by atoms with van der Waals surface area (Å²) in [6.45, 7) is 4.94. The highest BCUT2D eigenvalue weighted by Crippen LogP contribution is 2.22. The van der Waals surface area contributed by atoms with Gasteiger partial charge >= 0.3 is 0 Å². The summed E-state index contributed by atoms with van der Waals surface area (Å²) in [5.41, 5.74) is 0. The molecule has 0 spiro atoms. The van der Waals surface area contributed by atoms with E-state index in [-0.39, 0.29) is 17.0 Å². The van der Waals surface area contributed by atoms with Crippen LogP contribution in [0.4, 0.5) is 4.39 Å². The third kappa shape index (κ3) is 3.81. The van der Waals surface area contributed by atoms with Gasteiger partial charge in [-0.05, 0) is 45.4 Å². The minimum absolute atomic E-state index is 0.141. The van der Waals surface area contributed by atoms with Gasteiger partial charge in [0.15, 0.2) is 0 Å². The van der Waals surface area contributed by atoms with Crippen molar-refractivity contribution in [3.8, 4) is 0 Å². The average molecular weight is 314 g/mol. The van der Waals surface area contributed by atoms with E-state index in [0.29, 0.717) is 6.54 Å². The summed E-state index contributed by atoms with van der Waals surface area (Å²) in [6, 6.07) is 5.49. The van der Waals surface area contributed by atoms with Gasteiger partial charge in [-0.15, -0.1) is 0 Å². The Labute approximate surface area is 126 Å². The smallest absolute Gasteiger partial charge is 0.246 e. The second kappa shape index (κ2) is 6.85. The standard InChI is InChI=1S/C15H23FN2O2S/c1-12(2)18(11-13-7-5-6-10-17-13)21(19,20)15-9-4-3-8-14(15)16/h3-4,8-9,12-13,17H,5-7,10-11H2,1-2H3. The van der Waals surface area contributed by atoms with Crippen LogP contribution < -0.4 is 5.32 Å². The van der Waals surface area contributed by atoms with E-state index in [1.54, 1.807) is 6.07 Å². The molecule has 1 aromatic carbocycles. The van der Waals surface area contributed by atoms with E-state index in [0.717, 1.165) is 25.8 Å². The second-order valence-corrected chi connectivity index (χ2v) is 7.60. The van der Waals surface area contributed by atoms with E-state index in [4.69, 9.17) is 0 Å². The van der Waals surface area contributed by atoms with E-state index < -0.39 is 15.8 Å². The molecule has 118 valence electrons. The maximum absolute atomic E-state index is 13.9. The first-order valence-electron chi connectivity index (χ1n) is 7.42. The summed E-state index contributed by atoms with van der Waals surface area (Å²) in [4.78, 5) is -0.241. The Bertz CT molecular complexity index is 569. The molecular weight excluding hydrogens is 291 g/mol. The Hall–Kier alpha value is -0.980. The van der Waals surface area contributed by atoms with Crippen LogP contribution in [-0.4, -0.2) is 37.9 Å². The van der Waals surface area contributed by atoms with Crippen molar-refractivity contribution in [1.82, 2.24) is 9.62 Å². The summed E-state index contributed by atoms with van der Waals surface area (Å²) < 4.78 is 40.7. The van der Waals surface area contributed by atoms with Gasteiger partial charge in [0.05, 0.1) is 0 Å². The molecule has 0 radical (unpaired) electrons. The lowest BCUT2D eigenvalue weighted by atomic mass is 10.1. The van der Waals surface area contributed by atoms with Gasteiger partial charge < -0.3 is 5.32 Å². The zero-order valence-corrected chi connectivity index (χ0v) is 13.4. The van der Waals surface area contributed by atoms with E-state index in [1.807, 2.05) is 13.8 Å². The fourth-order valence-electron chi connectivity index (χ4n) is 2.66. The van der Waals surface area contributed by atoms with Gasteiger partial charge in [-0.3, -0.25) is 0 Å². The molecular formula is C15H23FN2O2S. The normalized spacial score (nSPS) is 20.1. The number of halogens is 1. The summed E-state index contributed by atoms with van der Waals surface area (Å²) in [7, 11) is -3.81. The molecule has 1 N–H and O–H groups in total. The van der Waals surface area contributed by atoms with Gasteiger partial charge in [0.25, 0.3) is 0 Å². The third-order valence-corrected chi connectivity index (χ3v) is 5.89. The minimum atomic E-state index is -3.81. The van der Waals surface area contributed by atoms with Crippen molar-refractivity contribution in [2.75, 3.05) is 13.1 Å². The largest absolute Gasteiger partial charge is 0.313 e. The molecule has 0 aliphatic carbocycles. The van der Waals surface area contributed by atoms with Crippen LogP contribution in [0.1, 0.15) is 33.1 Å². The number of hydrogen-bond acceptors (Lipinski definition) is 3. The van der Waals surface area contributed by atoms with Crippen LogP contribution in [0.5, 0.6) is 0 Å². The van der Waals surface area contributed by atoms with Crippen LogP contribution in [0, 0.1) is 5.82 Å². The van der Waals surface area contributed by atoms with Gasteiger partial charge in [-0.2, -0.15) is 4.31 Å². The maximum Gasteiger partial charge on any atom is 0.246 e. The lowest BCUT2D eigenvalue weighted by molar-refractivity contribution is 0.281. The molecule has 0 amide bonds. The number of rotatable bonds is 5. The van der Waals surface area contributed by atoms with Crippen LogP contribution in [0.15, 0.2) is 29.2 Å². The molecule has 1 unspecified atom stereocenters. The van der Waals surface area contributed by atoms with Crippen LogP contribution in [0.3, 0.4) is 0 Å². The lowest BCUT2D eigenvalue weighted by Crippen LogP contribution is -2.48. The number of nitrogens with one attached hydrogen (secondary N) is 1. The van der Waals surface area contributed by atoms with Gasteiger partial charge in [0.1, 0.15) is 10.7 Å². The first-order valence-corrected chi connectivity index (χ1v) is 8.86. The molecule has 1 aromatic rings. The first-order chi connectivity index (χ1) is 9.93. The van der Waals surface area contributed by atoms with E-state index in [1.165, 1.54) is 22.5 Å². The molecule has 1 atom stereocenters. The number of benzene rings is 1. The van der Waals surface area contributed by atoms with E-state index >= 15 is 0 Å². The van der Waals surface area contributed by atoms with Crippen LogP contribution >= 0.6 is 0 Å². The monoisotopic (exact) mass is 314 g/mol. The Morgan fingerprint density at radius 3 is 2.62 bits per heavy atom. The fourth-order valence-corrected chi connectivity index (χ4v) is 4.41. The summed E-state index contributed by atoms with van der Waals surface area (Å²) in [6.07, 6.45) is 3.18. The molecule has 1 fully saturated rings. The molecule has 1 heterocycles. The third-order valence-electron chi connectivity index (χ3n) is 3.81. The van der Waals surface area contributed by atoms with Crippen molar-refractivity contribution < 1.29 is 12.8 Å². The van der Waals surface area contributed by atoms with Crippen molar-refractivity contribution >= 4 is 10.0 Å². The topological polar surface area (TPSA) is 49.4 Å². The molecule has 4 nitrogen and oxygen atoms in total. The fraction of sp³-hybridized carbons (Fsp3) is 0.600. The average Bonchev–Trinajstić information content (AvgIpc) is 2.45. The predicted octanol–water partition coefficient (Wildman–Crippen LogP) is 2.37.